The normalized spacial score (nSPS) is 23.9. The Labute approximate surface area is 564 Å². The highest BCUT2D eigenvalue weighted by molar-refractivity contribution is 6.03. The Morgan fingerprint density at radius 2 is 1.43 bits per heavy atom. The van der Waals surface area contributed by atoms with Gasteiger partial charge in [-0.2, -0.15) is 0 Å². The molecule has 17 atom stereocenters. The number of primary amides is 1. The van der Waals surface area contributed by atoms with E-state index >= 15 is 19.2 Å². The number of hydrogen-bond acceptors (Lipinski definition) is 20. The van der Waals surface area contributed by atoms with Crippen LogP contribution in [0.3, 0.4) is 0 Å². The minimum Gasteiger partial charge on any atom is -0.508 e. The third-order valence-electron chi connectivity index (χ3n) is 16.7. The number of methoxy groups -OCH3 is 2. The number of aliphatic hydroxyl groups excluding tert-OH is 3. The number of allylic oxidation sites excluding steroid dienone is 4. The molecule has 0 aliphatic carbocycles. The summed E-state index contributed by atoms with van der Waals surface area (Å²) in [5.74, 6) is -18.2. The number of rotatable bonds is 26. The van der Waals surface area contributed by atoms with Crippen molar-refractivity contribution in [2.24, 2.45) is 35.3 Å². The Bertz CT molecular complexity index is 3050. The van der Waals surface area contributed by atoms with Crippen LogP contribution in [-0.2, 0) is 76.5 Å². The van der Waals surface area contributed by atoms with E-state index in [1.807, 2.05) is 26.8 Å². The molecule has 3 rings (SSSR count). The number of nitrogens with one attached hydrogen (secondary N) is 10. The minimum atomic E-state index is -2.08. The van der Waals surface area contributed by atoms with Crippen LogP contribution in [0.4, 0.5) is 0 Å². The van der Waals surface area contributed by atoms with Crippen LogP contribution in [0.1, 0.15) is 120 Å². The van der Waals surface area contributed by atoms with Crippen molar-refractivity contribution < 1.29 is 97.0 Å². The molecule has 16 N–H and O–H groups in total. The summed E-state index contributed by atoms with van der Waals surface area (Å²) in [6.07, 6.45) is -0.0395. The van der Waals surface area contributed by atoms with Gasteiger partial charge >= 0.3 is 5.97 Å². The molecule has 97 heavy (non-hydrogen) atoms. The van der Waals surface area contributed by atoms with Crippen LogP contribution < -0.4 is 58.9 Å². The molecule has 0 spiro atoms. The van der Waals surface area contributed by atoms with Crippen molar-refractivity contribution in [3.63, 3.8) is 0 Å². The van der Waals surface area contributed by atoms with E-state index in [0.29, 0.717) is 12.8 Å². The van der Waals surface area contributed by atoms with Crippen molar-refractivity contribution in [3.05, 3.63) is 65.4 Å². The number of esters is 1. The lowest BCUT2D eigenvalue weighted by atomic mass is 9.87. The van der Waals surface area contributed by atoms with Crippen LogP contribution in [0.5, 0.6) is 5.75 Å². The zero-order valence-electron chi connectivity index (χ0n) is 57.5. The molecule has 12 amide bonds. The fraction of sp³-hybridized carbons (Fsp3) is 0.615. The van der Waals surface area contributed by atoms with E-state index in [-0.39, 0.29) is 30.2 Å². The first-order chi connectivity index (χ1) is 45.5. The number of nitrogens with two attached hydrogens (primary N) is 1. The van der Waals surface area contributed by atoms with Crippen molar-refractivity contribution in [1.82, 2.24) is 58.1 Å². The van der Waals surface area contributed by atoms with Gasteiger partial charge in [0, 0.05) is 26.7 Å². The number of aromatic hydroxyl groups is 1. The molecular formula is C65H100N12O20. The minimum absolute atomic E-state index is 0.0777. The van der Waals surface area contributed by atoms with Crippen molar-refractivity contribution in [1.29, 1.82) is 0 Å². The van der Waals surface area contributed by atoms with Gasteiger partial charge in [-0.15, -0.1) is 0 Å². The highest BCUT2D eigenvalue weighted by atomic mass is 16.5. The Balaban J connectivity index is 2.15. The van der Waals surface area contributed by atoms with E-state index in [0.717, 1.165) is 37.0 Å². The van der Waals surface area contributed by atoms with Crippen LogP contribution >= 0.6 is 0 Å². The number of carbonyl (C=O) groups is 13. The zero-order chi connectivity index (χ0) is 73.3. The molecular weight excluding hydrogens is 1270 g/mol. The maximum absolute atomic E-state index is 15.3. The van der Waals surface area contributed by atoms with Gasteiger partial charge in [-0.1, -0.05) is 96.9 Å². The highest BCUT2D eigenvalue weighted by Gasteiger charge is 2.46. The van der Waals surface area contributed by atoms with Gasteiger partial charge < -0.3 is 98.4 Å². The lowest BCUT2D eigenvalue weighted by Gasteiger charge is -2.40. The van der Waals surface area contributed by atoms with Crippen LogP contribution in [0.2, 0.25) is 0 Å². The van der Waals surface area contributed by atoms with E-state index in [1.165, 1.54) is 92.8 Å². The summed E-state index contributed by atoms with van der Waals surface area (Å²) in [6, 6.07) is -8.62. The number of amides is 12. The summed E-state index contributed by atoms with van der Waals surface area (Å²) in [5.41, 5.74) is 6.25. The SMILES string of the molecule is C/C=C(/NC(=O)[C@@H](NC(=O)CNC(=O)C(C)C(O)/C=C\C(C)=C\C(C)CC)[C@@H](C)O)C(=O)N[C@H](C(=O)N[C@H]1C(=O)N[C@H](COC)C(=O)NCC(=O)N[C@@H](C)C(=O)N[C@@H]([C@@H](C)O)C(=O)N[C@H]([C@H](OC)c2ccc(O)cc2)C(=O)N2CCCC[C@H]2C(=O)O[C@@H]1C(C)C)[C@@H](C)[C@@H](C)C(N)=O. The molecule has 2 saturated heterocycles. The number of nitrogens with zero attached hydrogens (tertiary/aromatic N) is 1. The summed E-state index contributed by atoms with van der Waals surface area (Å²) >= 11 is 0. The molecule has 32 nitrogen and oxygen atoms in total. The van der Waals surface area contributed by atoms with Gasteiger partial charge in [-0.25, -0.2) is 4.79 Å². The number of carbonyl (C=O) groups excluding carboxylic acids is 13. The lowest BCUT2D eigenvalue weighted by Crippen LogP contribution is -2.64. The van der Waals surface area contributed by atoms with Gasteiger partial charge in [0.05, 0.1) is 43.9 Å². The summed E-state index contributed by atoms with van der Waals surface area (Å²) in [6.45, 7) is 15.5. The highest BCUT2D eigenvalue weighted by Crippen LogP contribution is 2.29. The molecule has 0 aromatic heterocycles. The van der Waals surface area contributed by atoms with E-state index < -0.39 is 205 Å². The second-order valence-corrected chi connectivity index (χ2v) is 24.8. The number of fused-ring (bicyclic) bond motifs is 1. The first-order valence-electron chi connectivity index (χ1n) is 32.2. The monoisotopic (exact) mass is 1370 g/mol. The van der Waals surface area contributed by atoms with Crippen molar-refractivity contribution in [3.8, 4) is 5.75 Å². The van der Waals surface area contributed by atoms with E-state index in [1.54, 1.807) is 6.08 Å². The average Bonchev–Trinajstić information content (AvgIpc) is 0.804. The fourth-order valence-electron chi connectivity index (χ4n) is 10.4. The Morgan fingerprint density at radius 1 is 0.794 bits per heavy atom. The Hall–Kier alpha value is -8.85. The van der Waals surface area contributed by atoms with Gasteiger partial charge in [0.2, 0.25) is 65.0 Å². The van der Waals surface area contributed by atoms with E-state index in [9.17, 15) is 63.6 Å². The van der Waals surface area contributed by atoms with Crippen molar-refractivity contribution >= 4 is 76.9 Å². The van der Waals surface area contributed by atoms with Gasteiger partial charge in [-0.05, 0) is 89.3 Å². The fourth-order valence-corrected chi connectivity index (χ4v) is 10.4. The third kappa shape index (κ3) is 24.6. The number of ether oxygens (including phenoxy) is 3. The molecule has 1 aromatic carbocycles. The number of hydrogen-bond donors (Lipinski definition) is 15. The maximum Gasteiger partial charge on any atom is 0.329 e. The first-order valence-corrected chi connectivity index (χ1v) is 32.2. The van der Waals surface area contributed by atoms with Crippen LogP contribution in [-0.4, -0.2) is 215 Å². The number of phenolic OH excluding ortho intramolecular Hbond substituents is 1. The molecule has 2 aliphatic heterocycles. The Kier molecular flexibility index (Phi) is 33.4. The first kappa shape index (κ1) is 82.4. The van der Waals surface area contributed by atoms with Crippen LogP contribution in [0.15, 0.2) is 59.8 Å². The summed E-state index contributed by atoms with van der Waals surface area (Å²) < 4.78 is 17.3. The average molecular weight is 1370 g/mol. The van der Waals surface area contributed by atoms with Gasteiger partial charge in [0.1, 0.15) is 72.0 Å². The van der Waals surface area contributed by atoms with Crippen LogP contribution in [0, 0.1) is 29.6 Å². The van der Waals surface area contributed by atoms with Gasteiger partial charge in [0.25, 0.3) is 5.91 Å². The molecule has 0 radical (unpaired) electrons. The maximum atomic E-state index is 15.3. The smallest absolute Gasteiger partial charge is 0.329 e. The molecule has 0 bridgehead atoms. The topological polar surface area (TPSA) is 480 Å². The third-order valence-corrected chi connectivity index (χ3v) is 16.7. The summed E-state index contributed by atoms with van der Waals surface area (Å²) in [5, 5.41) is 66.4. The van der Waals surface area contributed by atoms with Crippen molar-refractivity contribution in [2.75, 3.05) is 40.5 Å². The second kappa shape index (κ2) is 39.4. The quantitative estimate of drug-likeness (QED) is 0.0257. The van der Waals surface area contributed by atoms with Crippen molar-refractivity contribution in [2.45, 2.75) is 188 Å². The molecule has 540 valence electrons. The molecule has 2 heterocycles. The number of piperidine rings is 1. The van der Waals surface area contributed by atoms with E-state index in [2.05, 4.69) is 53.2 Å². The van der Waals surface area contributed by atoms with Crippen LogP contribution in [0.25, 0.3) is 0 Å². The largest absolute Gasteiger partial charge is 0.508 e. The molecule has 2 aliphatic rings. The summed E-state index contributed by atoms with van der Waals surface area (Å²) in [4.78, 5) is 184. The molecule has 2 fully saturated rings. The Morgan fingerprint density at radius 3 is 2.00 bits per heavy atom. The summed E-state index contributed by atoms with van der Waals surface area (Å²) in [7, 11) is 2.38. The number of cyclic esters (lactones) is 1. The lowest BCUT2D eigenvalue weighted by molar-refractivity contribution is -0.168. The van der Waals surface area contributed by atoms with Gasteiger partial charge in [-0.3, -0.25) is 57.5 Å². The molecule has 3 unspecified atom stereocenters. The predicted molar refractivity (Wildman–Crippen MR) is 349 cm³/mol. The molecule has 32 heteroatoms. The number of phenols is 1. The van der Waals surface area contributed by atoms with E-state index in [4.69, 9.17) is 19.9 Å². The zero-order valence-corrected chi connectivity index (χ0v) is 57.5. The number of aliphatic hydroxyl groups is 3. The number of benzene rings is 1. The van der Waals surface area contributed by atoms with Gasteiger partial charge in [0.15, 0.2) is 0 Å². The predicted octanol–water partition coefficient (Wildman–Crippen LogP) is -2.58. The molecule has 0 saturated carbocycles. The second-order valence-electron chi connectivity index (χ2n) is 24.8. The molecule has 1 aromatic rings. The standard InChI is InChI=1S/C65H100N12O20/c1-15-32(5)27-33(6)20-25-45(81)36(9)56(85)67-29-47(83)72-49(38(11)78)61(90)70-42(16-2)59(88)73-48(34(7)35(8)55(66)84)60(89)75-51-53(31(3)4)97-65(94)44-19-17-18-26-77(44)64(93)52(54(96-14)40-21-23-41(80)24-22-40)76-62(91)50(39(12)79)74-57(86)37(10)69-46(82)28-68-58(87)43(30-95-13)71-63(51)92/h16,20-25,27,31-32,34-39,43-45,48-54,78-81H,15,17-19,26,28-30H2,1-14H3,(H2,66,84)(H,67,85)(H,68,87)(H,69,82)(H,70,90)(H,71,92)(H,72,83)(H,73,88)(H,74,86)(H,75,89)(H,76,91)/b25-20-,33-27+,42-16+/t32?,34-,35+,36?,37-,38+,39+,43+,44-,45?,48-,49-,50-,51+,52+,53+,54+/m0/s1.